The summed E-state index contributed by atoms with van der Waals surface area (Å²) in [5, 5.41) is 0. The second-order valence-corrected chi connectivity index (χ2v) is 8.13. The number of nitrogens with zero attached hydrogens (tertiary/aromatic N) is 1. The van der Waals surface area contributed by atoms with E-state index < -0.39 is 33.2 Å². The second kappa shape index (κ2) is 9.62. The minimum Gasteiger partial charge on any atom is -0.267 e. The standard InChI is InChI=1S/C20H24FN3O4S/c1-4-14-7-9-15(10-8-14)19(25)22-23-20(26)17-13-16(11-12-18(17)21)29(27,28)24(5-2)6-3/h7-13H,4-6H2,1-3H3,(H,22,25)(H,23,26). The highest BCUT2D eigenvalue weighted by Crippen LogP contribution is 2.19. The molecule has 9 heteroatoms. The quantitative estimate of drug-likeness (QED) is 0.672. The maximum atomic E-state index is 14.1. The minimum absolute atomic E-state index is 0.200. The van der Waals surface area contributed by atoms with E-state index in [9.17, 15) is 22.4 Å². The average molecular weight is 421 g/mol. The van der Waals surface area contributed by atoms with E-state index in [1.165, 1.54) is 4.31 Å². The topological polar surface area (TPSA) is 95.6 Å². The van der Waals surface area contributed by atoms with Crippen LogP contribution in [-0.2, 0) is 16.4 Å². The molecule has 0 radical (unpaired) electrons. The minimum atomic E-state index is -3.86. The molecule has 0 bridgehead atoms. The summed E-state index contributed by atoms with van der Waals surface area (Å²) in [7, 11) is -3.86. The first-order valence-corrected chi connectivity index (χ1v) is 10.7. The molecule has 2 amide bonds. The van der Waals surface area contributed by atoms with Crippen LogP contribution >= 0.6 is 0 Å². The molecule has 0 saturated carbocycles. The fourth-order valence-corrected chi connectivity index (χ4v) is 4.18. The average Bonchev–Trinajstić information content (AvgIpc) is 2.72. The molecule has 0 aliphatic heterocycles. The molecule has 0 fully saturated rings. The largest absolute Gasteiger partial charge is 0.272 e. The number of amides is 2. The van der Waals surface area contributed by atoms with E-state index in [0.29, 0.717) is 5.56 Å². The van der Waals surface area contributed by atoms with Crippen LogP contribution in [0.5, 0.6) is 0 Å². The van der Waals surface area contributed by atoms with Crippen molar-refractivity contribution in [3.8, 4) is 0 Å². The number of halogens is 1. The van der Waals surface area contributed by atoms with Crippen LogP contribution in [0.2, 0.25) is 0 Å². The van der Waals surface area contributed by atoms with Gasteiger partial charge in [-0.1, -0.05) is 32.9 Å². The number of rotatable bonds is 7. The smallest absolute Gasteiger partial charge is 0.267 e. The third kappa shape index (κ3) is 5.18. The molecule has 0 aliphatic rings. The van der Waals surface area contributed by atoms with Gasteiger partial charge in [0.05, 0.1) is 10.5 Å². The summed E-state index contributed by atoms with van der Waals surface area (Å²) in [6, 6.07) is 9.77. The number of carbonyl (C=O) groups excluding carboxylic acids is 2. The van der Waals surface area contributed by atoms with Gasteiger partial charge in [-0.15, -0.1) is 0 Å². The van der Waals surface area contributed by atoms with Gasteiger partial charge < -0.3 is 0 Å². The van der Waals surface area contributed by atoms with Crippen LogP contribution in [0, 0.1) is 5.82 Å². The summed E-state index contributed by atoms with van der Waals surface area (Å²) in [5.74, 6) is -2.44. The van der Waals surface area contributed by atoms with Gasteiger partial charge in [-0.3, -0.25) is 20.4 Å². The first-order valence-electron chi connectivity index (χ1n) is 9.23. The van der Waals surface area contributed by atoms with E-state index in [1.807, 2.05) is 6.92 Å². The predicted molar refractivity (Wildman–Crippen MR) is 107 cm³/mol. The van der Waals surface area contributed by atoms with E-state index in [4.69, 9.17) is 0 Å². The Kier molecular flexibility index (Phi) is 7.46. The van der Waals surface area contributed by atoms with E-state index in [1.54, 1.807) is 38.1 Å². The van der Waals surface area contributed by atoms with Crippen LogP contribution in [0.3, 0.4) is 0 Å². The summed E-state index contributed by atoms with van der Waals surface area (Å²) < 4.78 is 40.5. The molecule has 0 saturated heterocycles. The second-order valence-electron chi connectivity index (χ2n) is 6.19. The zero-order valence-corrected chi connectivity index (χ0v) is 17.3. The summed E-state index contributed by atoms with van der Waals surface area (Å²) in [6.45, 7) is 5.83. The molecule has 0 aliphatic carbocycles. The molecule has 2 aromatic carbocycles. The first kappa shape index (κ1) is 22.5. The van der Waals surface area contributed by atoms with Crippen molar-refractivity contribution in [2.24, 2.45) is 0 Å². The summed E-state index contributed by atoms with van der Waals surface area (Å²) in [5.41, 5.74) is 5.20. The van der Waals surface area contributed by atoms with E-state index >= 15 is 0 Å². The lowest BCUT2D eigenvalue weighted by molar-refractivity contribution is 0.0844. The van der Waals surface area contributed by atoms with Gasteiger partial charge in [0.15, 0.2) is 0 Å². The highest BCUT2D eigenvalue weighted by atomic mass is 32.2. The first-order chi connectivity index (χ1) is 13.7. The number of hydrogen-bond donors (Lipinski definition) is 2. The normalized spacial score (nSPS) is 11.3. The lowest BCUT2D eigenvalue weighted by Crippen LogP contribution is -2.42. The van der Waals surface area contributed by atoms with Crippen molar-refractivity contribution in [2.45, 2.75) is 32.1 Å². The summed E-state index contributed by atoms with van der Waals surface area (Å²) in [4.78, 5) is 24.3. The van der Waals surface area contributed by atoms with Gasteiger partial charge in [0, 0.05) is 18.7 Å². The van der Waals surface area contributed by atoms with Gasteiger partial charge in [-0.2, -0.15) is 4.31 Å². The molecule has 156 valence electrons. The lowest BCUT2D eigenvalue weighted by Gasteiger charge is -2.19. The molecule has 2 N–H and O–H groups in total. The molecular formula is C20H24FN3O4S. The molecule has 0 aromatic heterocycles. The molecule has 0 heterocycles. The van der Waals surface area contributed by atoms with Gasteiger partial charge in [-0.05, 0) is 42.3 Å². The Balaban J connectivity index is 2.17. The Labute approximate surface area is 169 Å². The number of carbonyl (C=O) groups is 2. The fourth-order valence-electron chi connectivity index (χ4n) is 2.70. The Morgan fingerprint density at radius 3 is 2.07 bits per heavy atom. The molecule has 0 unspecified atom stereocenters. The van der Waals surface area contributed by atoms with Gasteiger partial charge in [-0.25, -0.2) is 12.8 Å². The van der Waals surface area contributed by atoms with Gasteiger partial charge in [0.1, 0.15) is 5.82 Å². The Hall–Kier alpha value is -2.78. The van der Waals surface area contributed by atoms with Crippen LogP contribution in [0.25, 0.3) is 0 Å². The maximum Gasteiger partial charge on any atom is 0.272 e. The third-order valence-electron chi connectivity index (χ3n) is 4.44. The third-order valence-corrected chi connectivity index (χ3v) is 6.49. The molecule has 0 spiro atoms. The highest BCUT2D eigenvalue weighted by Gasteiger charge is 2.24. The van der Waals surface area contributed by atoms with Gasteiger partial charge >= 0.3 is 0 Å². The lowest BCUT2D eigenvalue weighted by atomic mass is 10.1. The van der Waals surface area contributed by atoms with Gasteiger partial charge in [0.2, 0.25) is 10.0 Å². The van der Waals surface area contributed by atoms with Crippen molar-refractivity contribution in [3.63, 3.8) is 0 Å². The SMILES string of the molecule is CCc1ccc(C(=O)NNC(=O)c2cc(S(=O)(=O)N(CC)CC)ccc2F)cc1. The van der Waals surface area contributed by atoms with Crippen LogP contribution in [0.1, 0.15) is 47.1 Å². The van der Waals surface area contributed by atoms with Crippen LogP contribution in [0.4, 0.5) is 4.39 Å². The molecule has 0 atom stereocenters. The number of sulfonamides is 1. The van der Waals surface area contributed by atoms with Crippen molar-refractivity contribution in [3.05, 3.63) is 65.0 Å². The van der Waals surface area contributed by atoms with Crippen molar-refractivity contribution < 1.29 is 22.4 Å². The van der Waals surface area contributed by atoms with E-state index in [0.717, 1.165) is 30.2 Å². The molecule has 29 heavy (non-hydrogen) atoms. The molecule has 2 aromatic rings. The Morgan fingerprint density at radius 1 is 0.931 bits per heavy atom. The summed E-state index contributed by atoms with van der Waals surface area (Å²) in [6.07, 6.45) is 0.824. The number of nitrogens with one attached hydrogen (secondary N) is 2. The molecule has 7 nitrogen and oxygen atoms in total. The number of aryl methyl sites for hydroxylation is 1. The van der Waals surface area contributed by atoms with Crippen LogP contribution in [0.15, 0.2) is 47.4 Å². The predicted octanol–water partition coefficient (Wildman–Crippen LogP) is 2.49. The van der Waals surface area contributed by atoms with E-state index in [-0.39, 0.29) is 18.0 Å². The van der Waals surface area contributed by atoms with Crippen molar-refractivity contribution in [1.29, 1.82) is 0 Å². The Morgan fingerprint density at radius 2 is 1.52 bits per heavy atom. The monoisotopic (exact) mass is 421 g/mol. The molecular weight excluding hydrogens is 397 g/mol. The highest BCUT2D eigenvalue weighted by molar-refractivity contribution is 7.89. The van der Waals surface area contributed by atoms with Crippen molar-refractivity contribution in [1.82, 2.24) is 15.2 Å². The fraction of sp³-hybridized carbons (Fsp3) is 0.300. The van der Waals surface area contributed by atoms with Gasteiger partial charge in [0.25, 0.3) is 11.8 Å². The van der Waals surface area contributed by atoms with Crippen molar-refractivity contribution in [2.75, 3.05) is 13.1 Å². The van der Waals surface area contributed by atoms with Crippen LogP contribution in [-0.4, -0.2) is 37.6 Å². The zero-order valence-electron chi connectivity index (χ0n) is 16.5. The molecule has 2 rings (SSSR count). The van der Waals surface area contributed by atoms with Crippen LogP contribution < -0.4 is 10.9 Å². The zero-order chi connectivity index (χ0) is 21.6. The van der Waals surface area contributed by atoms with Crippen molar-refractivity contribution >= 4 is 21.8 Å². The number of hydrazine groups is 1. The number of benzene rings is 2. The number of hydrogen-bond acceptors (Lipinski definition) is 4. The summed E-state index contributed by atoms with van der Waals surface area (Å²) >= 11 is 0. The maximum absolute atomic E-state index is 14.1. The van der Waals surface area contributed by atoms with E-state index in [2.05, 4.69) is 10.9 Å². The Bertz CT molecular complexity index is 987.